The van der Waals surface area contributed by atoms with Crippen LogP contribution >= 0.6 is 0 Å². The third kappa shape index (κ3) is 5.46. The quantitative estimate of drug-likeness (QED) is 0.535. The first-order valence-electron chi connectivity index (χ1n) is 9.82. The molecule has 3 rings (SSSR count). The highest BCUT2D eigenvalue weighted by atomic mass is 16.6. The van der Waals surface area contributed by atoms with E-state index in [1.54, 1.807) is 6.07 Å². The summed E-state index contributed by atoms with van der Waals surface area (Å²) in [6, 6.07) is 14.4. The summed E-state index contributed by atoms with van der Waals surface area (Å²) in [5.41, 5.74) is 1.16. The van der Waals surface area contributed by atoms with Crippen LogP contribution in [0.3, 0.4) is 0 Å². The average Bonchev–Trinajstić information content (AvgIpc) is 2.75. The zero-order valence-corrected chi connectivity index (χ0v) is 17.2. The molecular formula is C21H27N5O4. The Labute approximate surface area is 175 Å². The van der Waals surface area contributed by atoms with Gasteiger partial charge in [0.15, 0.2) is 0 Å². The van der Waals surface area contributed by atoms with E-state index in [0.717, 1.165) is 19.6 Å². The molecule has 9 nitrogen and oxygen atoms in total. The SMILES string of the molecule is COc1ccc(NC(=O)NCCN2CCN(C)C[C@@H]2c2ccccc2)c([N+](=O)[O-])c1. The number of nitrogens with one attached hydrogen (secondary N) is 2. The van der Waals surface area contributed by atoms with Crippen molar-refractivity contribution in [2.75, 3.05) is 52.2 Å². The number of anilines is 1. The number of likely N-dealkylation sites (N-methyl/N-ethyl adjacent to an activating group) is 1. The lowest BCUT2D eigenvalue weighted by molar-refractivity contribution is -0.384. The molecule has 160 valence electrons. The van der Waals surface area contributed by atoms with E-state index in [4.69, 9.17) is 4.74 Å². The molecule has 2 aromatic rings. The molecule has 0 saturated carbocycles. The number of nitro benzene ring substituents is 1. The molecule has 0 unspecified atom stereocenters. The lowest BCUT2D eigenvalue weighted by Gasteiger charge is -2.40. The minimum Gasteiger partial charge on any atom is -0.496 e. The lowest BCUT2D eigenvalue weighted by atomic mass is 10.0. The summed E-state index contributed by atoms with van der Waals surface area (Å²) in [5.74, 6) is 0.356. The molecule has 0 aromatic heterocycles. The number of carbonyl (C=O) groups is 1. The number of nitro groups is 1. The Bertz CT molecular complexity index is 877. The van der Waals surface area contributed by atoms with E-state index in [2.05, 4.69) is 39.6 Å². The van der Waals surface area contributed by atoms with Crippen LogP contribution in [-0.2, 0) is 0 Å². The molecule has 1 fully saturated rings. The van der Waals surface area contributed by atoms with Crippen LogP contribution in [0, 0.1) is 10.1 Å². The Kier molecular flexibility index (Phi) is 7.21. The fourth-order valence-electron chi connectivity index (χ4n) is 3.59. The van der Waals surface area contributed by atoms with Crippen molar-refractivity contribution in [2.24, 2.45) is 0 Å². The highest BCUT2D eigenvalue weighted by Gasteiger charge is 2.26. The van der Waals surface area contributed by atoms with Crippen LogP contribution < -0.4 is 15.4 Å². The fraction of sp³-hybridized carbons (Fsp3) is 0.381. The van der Waals surface area contributed by atoms with Crippen LogP contribution in [0.5, 0.6) is 5.75 Å². The van der Waals surface area contributed by atoms with Gasteiger partial charge in [-0.05, 0) is 24.7 Å². The monoisotopic (exact) mass is 413 g/mol. The number of rotatable bonds is 7. The molecule has 30 heavy (non-hydrogen) atoms. The Hall–Kier alpha value is -3.17. The molecule has 2 N–H and O–H groups in total. The number of amides is 2. The minimum atomic E-state index is -0.549. The minimum absolute atomic E-state index is 0.125. The van der Waals surface area contributed by atoms with Gasteiger partial charge < -0.3 is 20.3 Å². The van der Waals surface area contributed by atoms with Crippen molar-refractivity contribution in [2.45, 2.75) is 6.04 Å². The van der Waals surface area contributed by atoms with E-state index in [1.165, 1.54) is 24.8 Å². The Balaban J connectivity index is 1.57. The van der Waals surface area contributed by atoms with Gasteiger partial charge in [0.25, 0.3) is 5.69 Å². The van der Waals surface area contributed by atoms with Gasteiger partial charge in [-0.2, -0.15) is 0 Å². The van der Waals surface area contributed by atoms with Gasteiger partial charge in [-0.15, -0.1) is 0 Å². The van der Waals surface area contributed by atoms with Gasteiger partial charge in [0.05, 0.1) is 18.1 Å². The normalized spacial score (nSPS) is 17.3. The standard InChI is InChI=1S/C21H27N5O4/c1-24-12-13-25(20(15-24)16-6-4-3-5-7-16)11-10-22-21(27)23-18-9-8-17(30-2)14-19(18)26(28)29/h3-9,14,20H,10-13,15H2,1-2H3,(H2,22,23,27)/t20-/m1/s1. The molecule has 0 spiro atoms. The van der Waals surface area contributed by atoms with E-state index >= 15 is 0 Å². The Morgan fingerprint density at radius 2 is 2.00 bits per heavy atom. The van der Waals surface area contributed by atoms with Crippen molar-refractivity contribution >= 4 is 17.4 Å². The highest BCUT2D eigenvalue weighted by Crippen LogP contribution is 2.29. The maximum absolute atomic E-state index is 12.3. The average molecular weight is 413 g/mol. The summed E-state index contributed by atoms with van der Waals surface area (Å²) in [6.07, 6.45) is 0. The molecule has 1 aliphatic rings. The maximum atomic E-state index is 12.3. The smallest absolute Gasteiger partial charge is 0.319 e. The topological polar surface area (TPSA) is 100.0 Å². The first kappa shape index (κ1) is 21.5. The van der Waals surface area contributed by atoms with Gasteiger partial charge in [0.1, 0.15) is 11.4 Å². The summed E-state index contributed by atoms with van der Waals surface area (Å²) < 4.78 is 5.01. The number of carbonyl (C=O) groups excluding carboxylic acids is 1. The molecule has 1 heterocycles. The number of piperazine rings is 1. The van der Waals surface area contributed by atoms with Gasteiger partial charge in [-0.1, -0.05) is 30.3 Å². The second-order valence-corrected chi connectivity index (χ2v) is 7.25. The second-order valence-electron chi connectivity index (χ2n) is 7.25. The third-order valence-corrected chi connectivity index (χ3v) is 5.21. The van der Waals surface area contributed by atoms with Crippen molar-refractivity contribution in [1.82, 2.24) is 15.1 Å². The first-order valence-corrected chi connectivity index (χ1v) is 9.82. The number of hydrogen-bond acceptors (Lipinski definition) is 6. The first-order chi connectivity index (χ1) is 14.5. The van der Waals surface area contributed by atoms with E-state index < -0.39 is 11.0 Å². The molecule has 1 atom stereocenters. The number of ether oxygens (including phenoxy) is 1. The fourth-order valence-corrected chi connectivity index (χ4v) is 3.59. The Morgan fingerprint density at radius 3 is 2.70 bits per heavy atom. The second kappa shape index (κ2) is 10.0. The number of benzene rings is 2. The van der Waals surface area contributed by atoms with Gasteiger partial charge in [0.2, 0.25) is 0 Å². The van der Waals surface area contributed by atoms with Gasteiger partial charge >= 0.3 is 6.03 Å². The van der Waals surface area contributed by atoms with E-state index in [0.29, 0.717) is 18.8 Å². The maximum Gasteiger partial charge on any atom is 0.319 e. The van der Waals surface area contributed by atoms with E-state index in [-0.39, 0.29) is 17.4 Å². The lowest BCUT2D eigenvalue weighted by Crippen LogP contribution is -2.49. The van der Waals surface area contributed by atoms with Crippen LogP contribution in [0.15, 0.2) is 48.5 Å². The van der Waals surface area contributed by atoms with Crippen LogP contribution in [-0.4, -0.2) is 67.6 Å². The van der Waals surface area contributed by atoms with Crippen LogP contribution in [0.25, 0.3) is 0 Å². The molecule has 1 saturated heterocycles. The predicted octanol–water partition coefficient (Wildman–Crippen LogP) is 2.71. The number of urea groups is 1. The highest BCUT2D eigenvalue weighted by molar-refractivity contribution is 5.92. The van der Waals surface area contributed by atoms with Crippen LogP contribution in [0.1, 0.15) is 11.6 Å². The van der Waals surface area contributed by atoms with E-state index in [1.807, 2.05) is 18.2 Å². The van der Waals surface area contributed by atoms with Crippen LogP contribution in [0.4, 0.5) is 16.2 Å². The van der Waals surface area contributed by atoms with E-state index in [9.17, 15) is 14.9 Å². The van der Waals surface area contributed by atoms with Crippen molar-refractivity contribution in [3.63, 3.8) is 0 Å². The molecule has 2 aromatic carbocycles. The largest absolute Gasteiger partial charge is 0.496 e. The zero-order chi connectivity index (χ0) is 21.5. The summed E-state index contributed by atoms with van der Waals surface area (Å²) in [6.45, 7) is 3.92. The predicted molar refractivity (Wildman–Crippen MR) is 115 cm³/mol. The summed E-state index contributed by atoms with van der Waals surface area (Å²) >= 11 is 0. The van der Waals surface area contributed by atoms with Crippen molar-refractivity contribution in [3.8, 4) is 5.75 Å². The summed E-state index contributed by atoms with van der Waals surface area (Å²) in [4.78, 5) is 27.6. The van der Waals surface area contributed by atoms with Crippen molar-refractivity contribution in [1.29, 1.82) is 0 Å². The molecular weight excluding hydrogens is 386 g/mol. The van der Waals surface area contributed by atoms with Crippen molar-refractivity contribution in [3.05, 3.63) is 64.2 Å². The summed E-state index contributed by atoms with van der Waals surface area (Å²) in [7, 11) is 3.54. The van der Waals surface area contributed by atoms with Crippen LogP contribution in [0.2, 0.25) is 0 Å². The summed E-state index contributed by atoms with van der Waals surface area (Å²) in [5, 5.41) is 16.6. The molecule has 9 heteroatoms. The molecule has 0 radical (unpaired) electrons. The number of nitrogens with zero attached hydrogens (tertiary/aromatic N) is 3. The number of hydrogen-bond donors (Lipinski definition) is 2. The number of methoxy groups -OCH3 is 1. The molecule has 1 aliphatic heterocycles. The molecule has 0 bridgehead atoms. The Morgan fingerprint density at radius 1 is 1.23 bits per heavy atom. The third-order valence-electron chi connectivity index (χ3n) is 5.21. The molecule has 2 amide bonds. The molecule has 0 aliphatic carbocycles. The van der Waals surface area contributed by atoms with Gasteiger partial charge in [-0.3, -0.25) is 15.0 Å². The zero-order valence-electron chi connectivity index (χ0n) is 17.2. The van der Waals surface area contributed by atoms with Gasteiger partial charge in [0, 0.05) is 38.8 Å². The van der Waals surface area contributed by atoms with Crippen molar-refractivity contribution < 1.29 is 14.5 Å². The van der Waals surface area contributed by atoms with Gasteiger partial charge in [-0.25, -0.2) is 4.79 Å².